The molecule has 0 atom stereocenters. The van der Waals surface area contributed by atoms with Gasteiger partial charge in [-0.2, -0.15) is 0 Å². The van der Waals surface area contributed by atoms with Crippen LogP contribution in [0.25, 0.3) is 0 Å². The number of alkyl halides is 2. The average Bonchev–Trinajstić information content (AvgIpc) is 2.48. The predicted octanol–water partition coefficient (Wildman–Crippen LogP) is 2.17. The van der Waals surface area contributed by atoms with Gasteiger partial charge in [-0.3, -0.25) is 10.7 Å². The highest BCUT2D eigenvalue weighted by Gasteiger charge is 2.33. The second-order valence-electron chi connectivity index (χ2n) is 5.51. The number of rotatable bonds is 5. The number of carbonyl (C=O) groups is 1. The largest absolute Gasteiger partial charge is 0.461 e. The summed E-state index contributed by atoms with van der Waals surface area (Å²) < 4.78 is 31.2. The lowest BCUT2D eigenvalue weighted by molar-refractivity contribution is -0.0576. The van der Waals surface area contributed by atoms with Crippen LogP contribution in [-0.4, -0.2) is 43.0 Å². The van der Waals surface area contributed by atoms with Gasteiger partial charge in [-0.1, -0.05) is 0 Å². The van der Waals surface area contributed by atoms with E-state index in [1.807, 2.05) is 11.8 Å². The Morgan fingerprint density at radius 3 is 2.68 bits per heavy atom. The van der Waals surface area contributed by atoms with Crippen LogP contribution in [0.2, 0.25) is 0 Å². The number of likely N-dealkylation sites (tertiary alicyclic amines) is 1. The number of nitrogens with two attached hydrogens (primary N) is 1. The van der Waals surface area contributed by atoms with Gasteiger partial charge in [0.05, 0.1) is 11.3 Å². The molecule has 2 rings (SSSR count). The van der Waals surface area contributed by atoms with Crippen LogP contribution in [0, 0.1) is 6.92 Å². The Morgan fingerprint density at radius 2 is 2.09 bits per heavy atom. The van der Waals surface area contributed by atoms with Crippen molar-refractivity contribution in [2.75, 3.05) is 31.7 Å². The van der Waals surface area contributed by atoms with Crippen molar-refractivity contribution in [1.82, 2.24) is 4.90 Å². The van der Waals surface area contributed by atoms with E-state index in [4.69, 9.17) is 10.6 Å². The number of nitrogen functional groups attached to an aromatic ring is 1. The van der Waals surface area contributed by atoms with Gasteiger partial charge in [-0.25, -0.2) is 13.6 Å². The number of hydrogen-bond acceptors (Lipinski definition) is 5. The third kappa shape index (κ3) is 4.38. The Bertz CT molecular complexity index is 528. The van der Waals surface area contributed by atoms with Crippen molar-refractivity contribution >= 4 is 11.7 Å². The van der Waals surface area contributed by atoms with Crippen LogP contribution in [0.1, 0.15) is 28.8 Å². The first-order valence-electron chi connectivity index (χ1n) is 7.26. The summed E-state index contributed by atoms with van der Waals surface area (Å²) in [6, 6.07) is 5.03. The molecule has 22 heavy (non-hydrogen) atoms. The smallest absolute Gasteiger partial charge is 0.338 e. The quantitative estimate of drug-likeness (QED) is 0.495. The second kappa shape index (κ2) is 7.02. The molecule has 0 amide bonds. The lowest BCUT2D eigenvalue weighted by Crippen LogP contribution is -2.41. The Morgan fingerprint density at radius 1 is 1.41 bits per heavy atom. The summed E-state index contributed by atoms with van der Waals surface area (Å²) in [5.74, 6) is 2.36. The van der Waals surface area contributed by atoms with E-state index in [2.05, 4.69) is 5.43 Å². The third-order valence-corrected chi connectivity index (χ3v) is 3.85. The first-order valence-corrected chi connectivity index (χ1v) is 7.26. The zero-order valence-corrected chi connectivity index (χ0v) is 12.6. The van der Waals surface area contributed by atoms with Gasteiger partial charge >= 0.3 is 5.97 Å². The summed E-state index contributed by atoms with van der Waals surface area (Å²) in [6.45, 7) is 3.17. The van der Waals surface area contributed by atoms with Gasteiger partial charge in [-0.15, -0.1) is 0 Å². The molecule has 0 unspecified atom stereocenters. The molecule has 0 aliphatic carbocycles. The van der Waals surface area contributed by atoms with Gasteiger partial charge in [-0.05, 0) is 30.7 Å². The number of piperidine rings is 1. The van der Waals surface area contributed by atoms with Crippen LogP contribution < -0.4 is 11.3 Å². The summed E-state index contributed by atoms with van der Waals surface area (Å²) >= 11 is 0. The molecule has 5 nitrogen and oxygen atoms in total. The molecule has 0 aromatic heterocycles. The minimum absolute atomic E-state index is 0.131. The molecular weight excluding hydrogens is 292 g/mol. The van der Waals surface area contributed by atoms with Crippen LogP contribution in [0.15, 0.2) is 18.2 Å². The molecule has 0 bridgehead atoms. The van der Waals surface area contributed by atoms with E-state index in [0.717, 1.165) is 11.3 Å². The molecule has 0 spiro atoms. The summed E-state index contributed by atoms with van der Waals surface area (Å²) in [6.07, 6.45) is -0.263. The monoisotopic (exact) mass is 313 g/mol. The Kier molecular flexibility index (Phi) is 5.31. The molecule has 1 aliphatic rings. The van der Waals surface area contributed by atoms with E-state index in [1.165, 1.54) is 0 Å². The number of ether oxygens (including phenoxy) is 1. The second-order valence-corrected chi connectivity index (χ2v) is 5.51. The number of esters is 1. The number of carbonyl (C=O) groups excluding carboxylic acids is 1. The molecule has 3 N–H and O–H groups in total. The van der Waals surface area contributed by atoms with Crippen molar-refractivity contribution in [1.29, 1.82) is 0 Å². The first-order chi connectivity index (χ1) is 10.4. The maximum Gasteiger partial charge on any atom is 0.338 e. The molecule has 1 saturated heterocycles. The first kappa shape index (κ1) is 16.6. The van der Waals surface area contributed by atoms with Crippen molar-refractivity contribution in [2.45, 2.75) is 25.7 Å². The van der Waals surface area contributed by atoms with Gasteiger partial charge in [0.25, 0.3) is 5.92 Å². The van der Waals surface area contributed by atoms with Gasteiger partial charge in [0.2, 0.25) is 0 Å². The molecule has 1 heterocycles. The van der Waals surface area contributed by atoms with E-state index in [9.17, 15) is 13.6 Å². The molecule has 122 valence electrons. The Balaban J connectivity index is 1.77. The normalized spacial score (nSPS) is 18.0. The van der Waals surface area contributed by atoms with E-state index in [0.29, 0.717) is 25.2 Å². The molecule has 0 radical (unpaired) electrons. The molecule has 7 heteroatoms. The number of hydrazine groups is 1. The van der Waals surface area contributed by atoms with Crippen LogP contribution in [-0.2, 0) is 4.74 Å². The summed E-state index contributed by atoms with van der Waals surface area (Å²) in [4.78, 5) is 13.8. The molecule has 1 fully saturated rings. The number of nitrogens with one attached hydrogen (secondary N) is 1. The lowest BCUT2D eigenvalue weighted by atomic mass is 10.1. The molecule has 0 saturated carbocycles. The van der Waals surface area contributed by atoms with Crippen LogP contribution in [0.4, 0.5) is 14.5 Å². The maximum absolute atomic E-state index is 13.0. The van der Waals surface area contributed by atoms with Crippen LogP contribution >= 0.6 is 0 Å². The van der Waals surface area contributed by atoms with Crippen molar-refractivity contribution in [3.05, 3.63) is 29.3 Å². The standard InChI is InChI=1S/C15H21F2N3O2/c1-11-10-12(2-3-13(11)19-18)14(21)22-9-8-20-6-4-15(16,17)5-7-20/h2-3,10,19H,4-9,18H2,1H3. The van der Waals surface area contributed by atoms with Gasteiger partial charge in [0.15, 0.2) is 0 Å². The van der Waals surface area contributed by atoms with Gasteiger partial charge in [0, 0.05) is 32.5 Å². The topological polar surface area (TPSA) is 67.6 Å². The van der Waals surface area contributed by atoms with E-state index < -0.39 is 11.9 Å². The van der Waals surface area contributed by atoms with E-state index in [1.54, 1.807) is 18.2 Å². The highest BCUT2D eigenvalue weighted by Crippen LogP contribution is 2.27. The molecule has 1 aliphatic heterocycles. The number of aryl methyl sites for hydroxylation is 1. The predicted molar refractivity (Wildman–Crippen MR) is 79.9 cm³/mol. The fourth-order valence-corrected chi connectivity index (χ4v) is 2.41. The summed E-state index contributed by atoms with van der Waals surface area (Å²) in [5.41, 5.74) is 4.56. The van der Waals surface area contributed by atoms with Gasteiger partial charge in [0.1, 0.15) is 6.61 Å². The molecule has 1 aromatic rings. The highest BCUT2D eigenvalue weighted by molar-refractivity contribution is 5.90. The Hall–Kier alpha value is -1.73. The minimum atomic E-state index is -2.55. The number of halogens is 2. The zero-order chi connectivity index (χ0) is 16.2. The third-order valence-electron chi connectivity index (χ3n) is 3.85. The molecular formula is C15H21F2N3O2. The van der Waals surface area contributed by atoms with Crippen molar-refractivity contribution in [3.63, 3.8) is 0 Å². The van der Waals surface area contributed by atoms with E-state index in [-0.39, 0.29) is 19.4 Å². The molecule has 1 aromatic carbocycles. The van der Waals surface area contributed by atoms with E-state index >= 15 is 0 Å². The maximum atomic E-state index is 13.0. The van der Waals surface area contributed by atoms with Crippen molar-refractivity contribution in [2.24, 2.45) is 5.84 Å². The van der Waals surface area contributed by atoms with Crippen molar-refractivity contribution < 1.29 is 18.3 Å². The van der Waals surface area contributed by atoms with Gasteiger partial charge < -0.3 is 10.2 Å². The number of nitrogens with zero attached hydrogens (tertiary/aromatic N) is 1. The zero-order valence-electron chi connectivity index (χ0n) is 12.6. The Labute approximate surface area is 128 Å². The average molecular weight is 313 g/mol. The highest BCUT2D eigenvalue weighted by atomic mass is 19.3. The summed E-state index contributed by atoms with van der Waals surface area (Å²) in [7, 11) is 0. The fraction of sp³-hybridized carbons (Fsp3) is 0.533. The lowest BCUT2D eigenvalue weighted by Gasteiger charge is -2.31. The number of anilines is 1. The number of benzene rings is 1. The van der Waals surface area contributed by atoms with Crippen molar-refractivity contribution in [3.8, 4) is 0 Å². The van der Waals surface area contributed by atoms with Crippen LogP contribution in [0.5, 0.6) is 0 Å². The fourth-order valence-electron chi connectivity index (χ4n) is 2.41. The summed E-state index contributed by atoms with van der Waals surface area (Å²) in [5, 5.41) is 0. The minimum Gasteiger partial charge on any atom is -0.461 e. The number of hydrogen-bond donors (Lipinski definition) is 2. The van der Waals surface area contributed by atoms with Crippen LogP contribution in [0.3, 0.4) is 0 Å². The SMILES string of the molecule is Cc1cc(C(=O)OCCN2CCC(F)(F)CC2)ccc1NN.